The summed E-state index contributed by atoms with van der Waals surface area (Å²) >= 11 is 0. The highest BCUT2D eigenvalue weighted by atomic mass is 16.6. The normalized spacial score (nSPS) is 12.5. The molecule has 9 nitrogen and oxygen atoms in total. The molecule has 3 aromatic rings. The summed E-state index contributed by atoms with van der Waals surface area (Å²) in [7, 11) is 0. The van der Waals surface area contributed by atoms with Gasteiger partial charge >= 0.3 is 6.09 Å². The van der Waals surface area contributed by atoms with Crippen LogP contribution in [0.2, 0.25) is 0 Å². The monoisotopic (exact) mass is 556 g/mol. The first-order valence-corrected chi connectivity index (χ1v) is 13.2. The number of hydrogen-bond acceptors (Lipinski definition) is 5. The van der Waals surface area contributed by atoms with E-state index in [-0.39, 0.29) is 12.8 Å². The number of rotatable bonds is 9. The van der Waals surface area contributed by atoms with Gasteiger partial charge in [0, 0.05) is 18.2 Å². The average molecular weight is 557 g/mol. The molecule has 2 unspecified atom stereocenters. The third-order valence-corrected chi connectivity index (χ3v) is 6.51. The van der Waals surface area contributed by atoms with Crippen molar-refractivity contribution in [2.45, 2.75) is 65.1 Å². The van der Waals surface area contributed by atoms with Crippen molar-refractivity contribution < 1.29 is 23.9 Å². The lowest BCUT2D eigenvalue weighted by Gasteiger charge is -2.31. The lowest BCUT2D eigenvalue weighted by molar-refractivity contribution is -0.137. The predicted octanol–water partition coefficient (Wildman–Crippen LogP) is 4.71. The molecule has 0 aliphatic rings. The molecule has 0 radical (unpaired) electrons. The molecule has 0 aromatic heterocycles. The largest absolute Gasteiger partial charge is 0.444 e. The Hall–Kier alpha value is -4.84. The van der Waals surface area contributed by atoms with Gasteiger partial charge in [-0.25, -0.2) is 4.79 Å². The van der Waals surface area contributed by atoms with E-state index < -0.39 is 41.5 Å². The predicted molar refractivity (Wildman–Crippen MR) is 158 cm³/mol. The molecule has 0 fully saturated rings. The summed E-state index contributed by atoms with van der Waals surface area (Å²) in [5, 5.41) is 7.32. The Labute approximate surface area is 240 Å². The molecule has 0 saturated heterocycles. The zero-order valence-electron chi connectivity index (χ0n) is 24.0. The quantitative estimate of drug-likeness (QED) is 0.259. The van der Waals surface area contributed by atoms with E-state index in [4.69, 9.17) is 16.9 Å². The molecule has 0 aliphatic heterocycles. The van der Waals surface area contributed by atoms with Crippen LogP contribution in [0.3, 0.4) is 0 Å². The van der Waals surface area contributed by atoms with Crippen molar-refractivity contribution in [2.24, 2.45) is 5.73 Å². The maximum absolute atomic E-state index is 13.9. The molecule has 214 valence electrons. The van der Waals surface area contributed by atoms with Crippen LogP contribution in [0.5, 0.6) is 0 Å². The number of primary amides is 1. The molecule has 0 heterocycles. The van der Waals surface area contributed by atoms with Crippen LogP contribution in [-0.4, -0.2) is 40.4 Å². The van der Waals surface area contributed by atoms with Gasteiger partial charge in [0.2, 0.25) is 5.91 Å². The van der Waals surface area contributed by atoms with E-state index in [0.717, 1.165) is 26.8 Å². The van der Waals surface area contributed by atoms with Crippen LogP contribution in [0.4, 0.5) is 10.5 Å². The van der Waals surface area contributed by atoms with Gasteiger partial charge in [-0.15, -0.1) is 0 Å². The number of aryl methyl sites for hydroxylation is 1. The van der Waals surface area contributed by atoms with E-state index in [1.807, 2.05) is 56.3 Å². The number of carbonyl (C=O) groups is 4. The van der Waals surface area contributed by atoms with Crippen molar-refractivity contribution in [1.29, 1.82) is 0 Å². The molecule has 3 aromatic carbocycles. The highest BCUT2D eigenvalue weighted by Gasteiger charge is 2.37. The number of terminal acetylenes is 1. The molecule has 3 rings (SSSR count). The van der Waals surface area contributed by atoms with Crippen LogP contribution in [-0.2, 0) is 19.1 Å². The Morgan fingerprint density at radius 1 is 1.00 bits per heavy atom. The first kappa shape index (κ1) is 30.7. The molecule has 2 atom stereocenters. The second-order valence-corrected chi connectivity index (χ2v) is 10.8. The van der Waals surface area contributed by atoms with Crippen molar-refractivity contribution in [3.63, 3.8) is 0 Å². The fourth-order valence-corrected chi connectivity index (χ4v) is 4.37. The van der Waals surface area contributed by atoms with Gasteiger partial charge in [0.05, 0.1) is 0 Å². The molecule has 4 amide bonds. The molecule has 41 heavy (non-hydrogen) atoms. The molecule has 4 N–H and O–H groups in total. The van der Waals surface area contributed by atoms with Crippen LogP contribution in [0.15, 0.2) is 60.7 Å². The fraction of sp³-hybridized carbons (Fsp3) is 0.312. The number of carbonyl (C=O) groups excluding carboxylic acids is 4. The molecule has 9 heteroatoms. The van der Waals surface area contributed by atoms with E-state index in [9.17, 15) is 19.2 Å². The number of hydrogen-bond donors (Lipinski definition) is 3. The summed E-state index contributed by atoms with van der Waals surface area (Å²) < 4.78 is 5.31. The number of benzene rings is 3. The third-order valence-electron chi connectivity index (χ3n) is 6.51. The third kappa shape index (κ3) is 8.08. The number of alkyl carbamates (subject to hydrolysis) is 1. The summed E-state index contributed by atoms with van der Waals surface area (Å²) in [5.41, 5.74) is 7.19. The lowest BCUT2D eigenvalue weighted by Crippen LogP contribution is -2.51. The zero-order chi connectivity index (χ0) is 30.3. The molecule has 0 bridgehead atoms. The zero-order valence-corrected chi connectivity index (χ0v) is 24.0. The summed E-state index contributed by atoms with van der Waals surface area (Å²) in [4.78, 5) is 53.0. The van der Waals surface area contributed by atoms with Gasteiger partial charge in [-0.2, -0.15) is 0 Å². The minimum absolute atomic E-state index is 0.141. The molecule has 0 saturated carbocycles. The maximum atomic E-state index is 13.9. The second kappa shape index (κ2) is 13.0. The van der Waals surface area contributed by atoms with Crippen molar-refractivity contribution in [1.82, 2.24) is 10.2 Å². The van der Waals surface area contributed by atoms with Crippen molar-refractivity contribution in [3.8, 4) is 12.5 Å². The Morgan fingerprint density at radius 3 is 2.32 bits per heavy atom. The van der Waals surface area contributed by atoms with Crippen molar-refractivity contribution >= 4 is 40.3 Å². The van der Waals surface area contributed by atoms with Crippen molar-refractivity contribution in [2.75, 3.05) is 5.32 Å². The average Bonchev–Trinajstić information content (AvgIpc) is 2.90. The Morgan fingerprint density at radius 2 is 1.68 bits per heavy atom. The van der Waals surface area contributed by atoms with E-state index in [1.165, 1.54) is 0 Å². The first-order chi connectivity index (χ1) is 19.3. The van der Waals surface area contributed by atoms with Crippen LogP contribution >= 0.6 is 0 Å². The minimum Gasteiger partial charge on any atom is -0.444 e. The van der Waals surface area contributed by atoms with Crippen LogP contribution in [0.25, 0.3) is 10.8 Å². The number of nitrogens with zero attached hydrogens (tertiary/aromatic N) is 1. The first-order valence-electron chi connectivity index (χ1n) is 13.2. The van der Waals surface area contributed by atoms with Crippen LogP contribution in [0.1, 0.15) is 56.3 Å². The standard InChI is InChI=1S/C32H36N4O5/c1-7-36(30(39)26(17-18-27(33)37)35-31(40)41-32(4,5)6)28(25-14-10-11-20(2)21(25)3)29(38)34-24-16-15-22-12-8-9-13-23(22)19-24/h1,8-16,19,26,28H,17-18H2,2-6H3,(H2,33,37)(H,34,38)(H,35,40). The summed E-state index contributed by atoms with van der Waals surface area (Å²) in [5.74, 6) is -1.98. The van der Waals surface area contributed by atoms with E-state index in [0.29, 0.717) is 11.3 Å². The molecular weight excluding hydrogens is 520 g/mol. The van der Waals surface area contributed by atoms with Gasteiger partial charge in [-0.1, -0.05) is 55.0 Å². The highest BCUT2D eigenvalue weighted by Crippen LogP contribution is 2.29. The van der Waals surface area contributed by atoms with Gasteiger partial charge in [0.25, 0.3) is 11.8 Å². The number of amides is 4. The summed E-state index contributed by atoms with van der Waals surface area (Å²) in [6.45, 7) is 8.75. The van der Waals surface area contributed by atoms with E-state index in [1.54, 1.807) is 39.0 Å². The van der Waals surface area contributed by atoms with Gasteiger partial charge < -0.3 is 21.1 Å². The smallest absolute Gasteiger partial charge is 0.408 e. The summed E-state index contributed by atoms with van der Waals surface area (Å²) in [6.07, 6.45) is 4.65. The number of nitrogens with two attached hydrogens (primary N) is 1. The number of nitrogens with one attached hydrogen (secondary N) is 2. The molecule has 0 aliphatic carbocycles. The SMILES string of the molecule is C#CN(C(=O)C(CCC(N)=O)NC(=O)OC(C)(C)C)C(C(=O)Nc1ccc2ccccc2c1)c1cccc(C)c1C. The fourth-order valence-electron chi connectivity index (χ4n) is 4.37. The van der Waals surface area contributed by atoms with Gasteiger partial charge in [0.1, 0.15) is 17.7 Å². The topological polar surface area (TPSA) is 131 Å². The van der Waals surface area contributed by atoms with E-state index >= 15 is 0 Å². The summed E-state index contributed by atoms with van der Waals surface area (Å²) in [6, 6.07) is 18.4. The Balaban J connectivity index is 2.02. The second-order valence-electron chi connectivity index (χ2n) is 10.8. The van der Waals surface area contributed by atoms with Gasteiger partial charge in [0.15, 0.2) is 0 Å². The van der Waals surface area contributed by atoms with Crippen molar-refractivity contribution in [3.05, 3.63) is 77.4 Å². The minimum atomic E-state index is -1.28. The lowest BCUT2D eigenvalue weighted by atomic mass is 9.95. The van der Waals surface area contributed by atoms with Gasteiger partial charge in [-0.05, 0) is 80.6 Å². The highest BCUT2D eigenvalue weighted by molar-refractivity contribution is 6.01. The van der Waals surface area contributed by atoms with Gasteiger partial charge in [-0.3, -0.25) is 19.3 Å². The van der Waals surface area contributed by atoms with E-state index in [2.05, 4.69) is 16.7 Å². The Bertz CT molecular complexity index is 1500. The van der Waals surface area contributed by atoms with Crippen LogP contribution < -0.4 is 16.4 Å². The van der Waals surface area contributed by atoms with Crippen LogP contribution in [0, 0.1) is 26.3 Å². The molecule has 0 spiro atoms. The number of fused-ring (bicyclic) bond motifs is 1. The molecular formula is C32H36N4O5. The maximum Gasteiger partial charge on any atom is 0.408 e. The number of ether oxygens (including phenoxy) is 1. The Kier molecular flexibility index (Phi) is 9.74. The number of anilines is 1.